The molecular formula is C11H21N. The molecule has 0 spiro atoms. The van der Waals surface area contributed by atoms with Crippen molar-refractivity contribution in [3.63, 3.8) is 0 Å². The molecule has 2 atom stereocenters. The van der Waals surface area contributed by atoms with Crippen LogP contribution in [0.4, 0.5) is 0 Å². The van der Waals surface area contributed by atoms with E-state index < -0.39 is 0 Å². The highest BCUT2D eigenvalue weighted by molar-refractivity contribution is 4.96. The first-order chi connectivity index (χ1) is 5.75. The molecule has 1 heteroatoms. The van der Waals surface area contributed by atoms with Gasteiger partial charge in [-0.15, -0.1) is 0 Å². The second kappa shape index (κ2) is 3.37. The van der Waals surface area contributed by atoms with Crippen molar-refractivity contribution in [1.82, 2.24) is 5.32 Å². The van der Waals surface area contributed by atoms with Gasteiger partial charge < -0.3 is 5.32 Å². The molecule has 0 aromatic rings. The second-order valence-corrected chi connectivity index (χ2v) is 5.15. The first-order valence-corrected chi connectivity index (χ1v) is 5.46. The maximum absolute atomic E-state index is 3.57. The summed E-state index contributed by atoms with van der Waals surface area (Å²) in [7, 11) is 0. The molecule has 1 nitrogen and oxygen atoms in total. The molecule has 2 aliphatic carbocycles. The SMILES string of the molecule is CC(C)CNCC1CC2CC2C1. The maximum atomic E-state index is 3.57. The van der Waals surface area contributed by atoms with Crippen molar-refractivity contribution in [3.05, 3.63) is 0 Å². The molecule has 2 fully saturated rings. The molecule has 2 rings (SSSR count). The van der Waals surface area contributed by atoms with Crippen molar-refractivity contribution in [2.75, 3.05) is 13.1 Å². The Morgan fingerprint density at radius 2 is 1.83 bits per heavy atom. The molecule has 0 aromatic carbocycles. The van der Waals surface area contributed by atoms with E-state index in [0.717, 1.165) is 23.7 Å². The third-order valence-electron chi connectivity index (χ3n) is 3.33. The van der Waals surface area contributed by atoms with Gasteiger partial charge in [0.25, 0.3) is 0 Å². The quantitative estimate of drug-likeness (QED) is 0.677. The lowest BCUT2D eigenvalue weighted by atomic mass is 10.0. The van der Waals surface area contributed by atoms with E-state index in [2.05, 4.69) is 19.2 Å². The Hall–Kier alpha value is -0.0400. The van der Waals surface area contributed by atoms with Crippen LogP contribution < -0.4 is 5.32 Å². The van der Waals surface area contributed by atoms with E-state index in [4.69, 9.17) is 0 Å². The minimum atomic E-state index is 0.806. The van der Waals surface area contributed by atoms with Crippen molar-refractivity contribution < 1.29 is 0 Å². The lowest BCUT2D eigenvalue weighted by Crippen LogP contribution is -2.25. The summed E-state index contributed by atoms with van der Waals surface area (Å²) in [5, 5.41) is 3.57. The highest BCUT2D eigenvalue weighted by Crippen LogP contribution is 2.54. The predicted octanol–water partition coefficient (Wildman–Crippen LogP) is 2.28. The number of hydrogen-bond donors (Lipinski definition) is 1. The highest BCUT2D eigenvalue weighted by atomic mass is 14.9. The van der Waals surface area contributed by atoms with Crippen molar-refractivity contribution in [1.29, 1.82) is 0 Å². The summed E-state index contributed by atoms with van der Waals surface area (Å²) in [6.45, 7) is 7.04. The number of nitrogens with one attached hydrogen (secondary N) is 1. The van der Waals surface area contributed by atoms with Gasteiger partial charge in [0, 0.05) is 0 Å². The van der Waals surface area contributed by atoms with Gasteiger partial charge in [0.05, 0.1) is 0 Å². The molecule has 0 aromatic heterocycles. The van der Waals surface area contributed by atoms with Gasteiger partial charge in [-0.25, -0.2) is 0 Å². The average Bonchev–Trinajstić information content (AvgIpc) is 2.59. The molecule has 0 aliphatic heterocycles. The minimum absolute atomic E-state index is 0.806. The summed E-state index contributed by atoms with van der Waals surface area (Å²) in [5.41, 5.74) is 0. The van der Waals surface area contributed by atoms with Crippen LogP contribution in [0.5, 0.6) is 0 Å². The Morgan fingerprint density at radius 3 is 2.42 bits per heavy atom. The van der Waals surface area contributed by atoms with E-state index >= 15 is 0 Å². The molecule has 2 aliphatic rings. The van der Waals surface area contributed by atoms with Gasteiger partial charge in [0.1, 0.15) is 0 Å². The molecule has 0 heterocycles. The van der Waals surface area contributed by atoms with Gasteiger partial charge >= 0.3 is 0 Å². The molecule has 0 saturated heterocycles. The summed E-state index contributed by atoms with van der Waals surface area (Å²) >= 11 is 0. The highest BCUT2D eigenvalue weighted by Gasteiger charge is 2.45. The number of hydrogen-bond acceptors (Lipinski definition) is 1. The topological polar surface area (TPSA) is 12.0 Å². The van der Waals surface area contributed by atoms with Gasteiger partial charge in [0.15, 0.2) is 0 Å². The van der Waals surface area contributed by atoms with Crippen LogP contribution in [0.25, 0.3) is 0 Å². The van der Waals surface area contributed by atoms with Crippen LogP contribution in [-0.4, -0.2) is 13.1 Å². The Kier molecular flexibility index (Phi) is 2.40. The largest absolute Gasteiger partial charge is 0.316 e. The standard InChI is InChI=1S/C11H21N/c1-8(2)6-12-7-9-3-10-5-11(10)4-9/h8-12H,3-7H2,1-2H3. The smallest absolute Gasteiger partial charge is 0.00202 e. The molecule has 2 saturated carbocycles. The summed E-state index contributed by atoms with van der Waals surface area (Å²) < 4.78 is 0. The van der Waals surface area contributed by atoms with E-state index in [-0.39, 0.29) is 0 Å². The summed E-state index contributed by atoms with van der Waals surface area (Å²) in [5.74, 6) is 4.13. The van der Waals surface area contributed by atoms with E-state index in [1.807, 2.05) is 0 Å². The first kappa shape index (κ1) is 8.55. The molecular weight excluding hydrogens is 146 g/mol. The van der Waals surface area contributed by atoms with Crippen molar-refractivity contribution in [3.8, 4) is 0 Å². The number of rotatable bonds is 4. The van der Waals surface area contributed by atoms with E-state index in [1.165, 1.54) is 25.9 Å². The van der Waals surface area contributed by atoms with Crippen LogP contribution in [0.1, 0.15) is 33.1 Å². The van der Waals surface area contributed by atoms with E-state index in [0.29, 0.717) is 0 Å². The van der Waals surface area contributed by atoms with Gasteiger partial charge in [-0.1, -0.05) is 13.8 Å². The molecule has 0 bridgehead atoms. The Labute approximate surface area is 75.9 Å². The van der Waals surface area contributed by atoms with Gasteiger partial charge in [0.2, 0.25) is 0 Å². The zero-order chi connectivity index (χ0) is 8.55. The van der Waals surface area contributed by atoms with Crippen molar-refractivity contribution >= 4 is 0 Å². The first-order valence-electron chi connectivity index (χ1n) is 5.46. The molecule has 0 radical (unpaired) electrons. The normalized spacial score (nSPS) is 38.8. The summed E-state index contributed by atoms with van der Waals surface area (Å²) in [6.07, 6.45) is 4.60. The fourth-order valence-corrected chi connectivity index (χ4v) is 2.58. The minimum Gasteiger partial charge on any atom is -0.316 e. The lowest BCUT2D eigenvalue weighted by Gasteiger charge is -2.13. The Balaban J connectivity index is 1.56. The van der Waals surface area contributed by atoms with Crippen LogP contribution >= 0.6 is 0 Å². The molecule has 0 amide bonds. The average molecular weight is 167 g/mol. The fraction of sp³-hybridized carbons (Fsp3) is 1.00. The van der Waals surface area contributed by atoms with Crippen LogP contribution in [0.15, 0.2) is 0 Å². The second-order valence-electron chi connectivity index (χ2n) is 5.15. The molecule has 1 N–H and O–H groups in total. The Bertz CT molecular complexity index is 143. The molecule has 70 valence electrons. The van der Waals surface area contributed by atoms with Gasteiger partial charge in [-0.3, -0.25) is 0 Å². The third kappa shape index (κ3) is 2.01. The zero-order valence-electron chi connectivity index (χ0n) is 8.34. The predicted molar refractivity (Wildman–Crippen MR) is 52.0 cm³/mol. The van der Waals surface area contributed by atoms with E-state index in [9.17, 15) is 0 Å². The summed E-state index contributed by atoms with van der Waals surface area (Å²) in [4.78, 5) is 0. The van der Waals surface area contributed by atoms with Crippen molar-refractivity contribution in [2.24, 2.45) is 23.7 Å². The monoisotopic (exact) mass is 167 g/mol. The number of fused-ring (bicyclic) bond motifs is 1. The van der Waals surface area contributed by atoms with Crippen LogP contribution in [0, 0.1) is 23.7 Å². The van der Waals surface area contributed by atoms with Gasteiger partial charge in [-0.05, 0) is 56.0 Å². The van der Waals surface area contributed by atoms with Crippen molar-refractivity contribution in [2.45, 2.75) is 33.1 Å². The lowest BCUT2D eigenvalue weighted by molar-refractivity contribution is 0.428. The van der Waals surface area contributed by atoms with Gasteiger partial charge in [-0.2, -0.15) is 0 Å². The summed E-state index contributed by atoms with van der Waals surface area (Å²) in [6, 6.07) is 0. The Morgan fingerprint density at radius 1 is 1.17 bits per heavy atom. The van der Waals surface area contributed by atoms with E-state index in [1.54, 1.807) is 6.42 Å². The zero-order valence-corrected chi connectivity index (χ0v) is 8.34. The molecule has 2 unspecified atom stereocenters. The van der Waals surface area contributed by atoms with Crippen LogP contribution in [-0.2, 0) is 0 Å². The van der Waals surface area contributed by atoms with Crippen LogP contribution in [0.2, 0.25) is 0 Å². The fourth-order valence-electron chi connectivity index (χ4n) is 2.58. The maximum Gasteiger partial charge on any atom is -0.00202 e. The third-order valence-corrected chi connectivity index (χ3v) is 3.33. The molecule has 12 heavy (non-hydrogen) atoms. The van der Waals surface area contributed by atoms with Crippen LogP contribution in [0.3, 0.4) is 0 Å².